The van der Waals surface area contributed by atoms with Gasteiger partial charge in [-0.15, -0.1) is 11.3 Å². The molecule has 7 nitrogen and oxygen atoms in total. The van der Waals surface area contributed by atoms with Gasteiger partial charge in [0.25, 0.3) is 11.8 Å². The van der Waals surface area contributed by atoms with Crippen molar-refractivity contribution in [3.05, 3.63) is 52.4 Å². The van der Waals surface area contributed by atoms with Crippen molar-refractivity contribution < 1.29 is 23.9 Å². The molecule has 1 aromatic carbocycles. The van der Waals surface area contributed by atoms with E-state index < -0.39 is 24.4 Å². The van der Waals surface area contributed by atoms with Crippen molar-refractivity contribution >= 4 is 39.9 Å². The third kappa shape index (κ3) is 6.31. The number of carbonyl (C=O) groups is 4. The Morgan fingerprint density at radius 2 is 1.79 bits per heavy atom. The summed E-state index contributed by atoms with van der Waals surface area (Å²) in [6, 6.07) is 8.82. The molecule has 2 aromatic rings. The predicted octanol–water partition coefficient (Wildman–Crippen LogP) is 2.94. The number of ether oxygens (including phenoxy) is 1. The topological polar surface area (TPSA) is 116 Å². The molecule has 1 aromatic heterocycles. The molecule has 0 unspecified atom stereocenters. The molecule has 3 N–H and O–H groups in total. The predicted molar refractivity (Wildman–Crippen MR) is 106 cm³/mol. The molecule has 0 radical (unpaired) electrons. The first-order valence-corrected chi connectivity index (χ1v) is 9.73. The van der Waals surface area contributed by atoms with Gasteiger partial charge in [-0.2, -0.15) is 0 Å². The van der Waals surface area contributed by atoms with Gasteiger partial charge in [0, 0.05) is 12.0 Å². The number of ketones is 1. The summed E-state index contributed by atoms with van der Waals surface area (Å²) in [7, 11) is 0. The molecule has 0 bridgehead atoms. The third-order valence-electron chi connectivity index (χ3n) is 3.92. The molecule has 0 aliphatic heterocycles. The average molecular weight is 402 g/mol. The Bertz CT molecular complexity index is 858. The van der Waals surface area contributed by atoms with E-state index in [1.165, 1.54) is 6.07 Å². The van der Waals surface area contributed by atoms with Crippen molar-refractivity contribution in [3.63, 3.8) is 0 Å². The monoisotopic (exact) mass is 402 g/mol. The lowest BCUT2D eigenvalue weighted by atomic mass is 10.0. The number of nitrogens with two attached hydrogens (primary N) is 1. The number of carbonyl (C=O) groups excluding carboxylic acids is 4. The fraction of sp³-hybridized carbons (Fsp3) is 0.300. The molecule has 0 saturated heterocycles. The fourth-order valence-electron chi connectivity index (χ4n) is 2.49. The highest BCUT2D eigenvalue weighted by Gasteiger charge is 2.15. The molecule has 0 aliphatic rings. The van der Waals surface area contributed by atoms with Crippen LogP contribution in [0.15, 0.2) is 35.7 Å². The Morgan fingerprint density at radius 1 is 1.07 bits per heavy atom. The maximum absolute atomic E-state index is 12.1. The fourth-order valence-corrected chi connectivity index (χ4v) is 3.30. The quantitative estimate of drug-likeness (QED) is 0.468. The molecular weight excluding hydrogens is 380 g/mol. The van der Waals surface area contributed by atoms with Crippen LogP contribution < -0.4 is 11.1 Å². The van der Waals surface area contributed by atoms with Crippen LogP contribution in [-0.2, 0) is 20.7 Å². The lowest BCUT2D eigenvalue weighted by Gasteiger charge is -2.06. The second-order valence-corrected chi connectivity index (χ2v) is 7.02. The van der Waals surface area contributed by atoms with E-state index in [4.69, 9.17) is 10.5 Å². The SMILES string of the molecule is CCCc1ccc(C(=O)CCC(=O)OCC(=O)Nc2sccc2C(N)=O)cc1. The highest BCUT2D eigenvalue weighted by atomic mass is 32.1. The summed E-state index contributed by atoms with van der Waals surface area (Å²) >= 11 is 1.14. The van der Waals surface area contributed by atoms with Crippen LogP contribution in [0.2, 0.25) is 0 Å². The zero-order valence-electron chi connectivity index (χ0n) is 15.5. The van der Waals surface area contributed by atoms with Crippen LogP contribution in [0.5, 0.6) is 0 Å². The summed E-state index contributed by atoms with van der Waals surface area (Å²) in [5.74, 6) is -2.05. The zero-order chi connectivity index (χ0) is 20.5. The smallest absolute Gasteiger partial charge is 0.306 e. The van der Waals surface area contributed by atoms with Crippen LogP contribution in [0.3, 0.4) is 0 Å². The van der Waals surface area contributed by atoms with Gasteiger partial charge in [-0.05, 0) is 23.4 Å². The molecule has 148 valence electrons. The molecule has 0 aliphatic carbocycles. The molecule has 1 heterocycles. The Labute approximate surface area is 166 Å². The van der Waals surface area contributed by atoms with Gasteiger partial charge in [-0.3, -0.25) is 19.2 Å². The van der Waals surface area contributed by atoms with Crippen LogP contribution in [0.25, 0.3) is 0 Å². The largest absolute Gasteiger partial charge is 0.456 e. The lowest BCUT2D eigenvalue weighted by molar-refractivity contribution is -0.147. The minimum atomic E-state index is -0.658. The summed E-state index contributed by atoms with van der Waals surface area (Å²) in [4.78, 5) is 47.0. The molecule has 0 spiro atoms. The van der Waals surface area contributed by atoms with Crippen LogP contribution in [0.1, 0.15) is 52.5 Å². The van der Waals surface area contributed by atoms with Gasteiger partial charge in [-0.1, -0.05) is 37.6 Å². The molecule has 0 atom stereocenters. The maximum Gasteiger partial charge on any atom is 0.306 e. The van der Waals surface area contributed by atoms with Crippen LogP contribution in [0, 0.1) is 0 Å². The molecule has 28 heavy (non-hydrogen) atoms. The second kappa shape index (κ2) is 10.4. The minimum absolute atomic E-state index is 0.00429. The second-order valence-electron chi connectivity index (χ2n) is 6.11. The van der Waals surface area contributed by atoms with E-state index in [1.807, 2.05) is 12.1 Å². The first kappa shape index (κ1) is 21.3. The molecular formula is C20H22N2O5S. The molecule has 0 saturated carbocycles. The lowest BCUT2D eigenvalue weighted by Crippen LogP contribution is -2.22. The van der Waals surface area contributed by atoms with Crippen LogP contribution in [0.4, 0.5) is 5.00 Å². The van der Waals surface area contributed by atoms with Gasteiger partial charge >= 0.3 is 5.97 Å². The minimum Gasteiger partial charge on any atom is -0.456 e. The Hall–Kier alpha value is -3.00. The van der Waals surface area contributed by atoms with E-state index in [-0.39, 0.29) is 24.2 Å². The van der Waals surface area contributed by atoms with E-state index >= 15 is 0 Å². The molecule has 0 fully saturated rings. The van der Waals surface area contributed by atoms with Crippen molar-refractivity contribution in [1.29, 1.82) is 0 Å². The van der Waals surface area contributed by atoms with Crippen molar-refractivity contribution in [2.24, 2.45) is 5.73 Å². The number of hydrogen-bond donors (Lipinski definition) is 2. The number of thiophene rings is 1. The molecule has 2 amide bonds. The highest BCUT2D eigenvalue weighted by molar-refractivity contribution is 7.14. The normalized spacial score (nSPS) is 10.3. The third-order valence-corrected chi connectivity index (χ3v) is 4.75. The van der Waals surface area contributed by atoms with E-state index in [2.05, 4.69) is 12.2 Å². The van der Waals surface area contributed by atoms with Crippen molar-refractivity contribution in [2.75, 3.05) is 11.9 Å². The molecule has 8 heteroatoms. The summed E-state index contributed by atoms with van der Waals surface area (Å²) in [6.07, 6.45) is 1.87. The van der Waals surface area contributed by atoms with E-state index in [9.17, 15) is 19.2 Å². The summed E-state index contributed by atoms with van der Waals surface area (Å²) in [6.45, 7) is 1.58. The standard InChI is InChI=1S/C20H22N2O5S/c1-2-3-13-4-6-14(7-5-13)16(23)8-9-18(25)27-12-17(24)22-20-15(19(21)26)10-11-28-20/h4-7,10-11H,2-3,8-9,12H2,1H3,(H2,21,26)(H,22,24). The summed E-state index contributed by atoms with van der Waals surface area (Å²) < 4.78 is 4.88. The highest BCUT2D eigenvalue weighted by Crippen LogP contribution is 2.22. The number of anilines is 1. The number of amides is 2. The summed E-state index contributed by atoms with van der Waals surface area (Å²) in [5, 5.41) is 4.38. The average Bonchev–Trinajstić information content (AvgIpc) is 3.13. The number of primary amides is 1. The van der Waals surface area contributed by atoms with Crippen molar-refractivity contribution in [3.8, 4) is 0 Å². The van der Waals surface area contributed by atoms with Gasteiger partial charge in [0.1, 0.15) is 5.00 Å². The number of Topliss-reactive ketones (excluding diaryl/α,β-unsaturated/α-hetero) is 1. The number of nitrogens with one attached hydrogen (secondary N) is 1. The van der Waals surface area contributed by atoms with Gasteiger partial charge in [0.15, 0.2) is 12.4 Å². The van der Waals surface area contributed by atoms with Gasteiger partial charge in [0.2, 0.25) is 0 Å². The Kier molecular flexibility index (Phi) is 7.88. The number of rotatable bonds is 10. The van der Waals surface area contributed by atoms with Crippen molar-refractivity contribution in [2.45, 2.75) is 32.6 Å². The van der Waals surface area contributed by atoms with Crippen LogP contribution >= 0.6 is 11.3 Å². The maximum atomic E-state index is 12.1. The first-order valence-electron chi connectivity index (χ1n) is 8.85. The number of aryl methyl sites for hydroxylation is 1. The van der Waals surface area contributed by atoms with E-state index in [0.717, 1.165) is 29.7 Å². The van der Waals surface area contributed by atoms with Gasteiger partial charge < -0.3 is 15.8 Å². The van der Waals surface area contributed by atoms with Crippen LogP contribution in [-0.4, -0.2) is 30.2 Å². The first-order chi connectivity index (χ1) is 13.4. The number of benzene rings is 1. The van der Waals surface area contributed by atoms with E-state index in [1.54, 1.807) is 17.5 Å². The molecule has 2 rings (SSSR count). The summed E-state index contributed by atoms with van der Waals surface area (Å²) in [5.41, 5.74) is 7.10. The van der Waals surface area contributed by atoms with Gasteiger partial charge in [-0.25, -0.2) is 0 Å². The Balaban J connectivity index is 1.74. The van der Waals surface area contributed by atoms with Gasteiger partial charge in [0.05, 0.1) is 12.0 Å². The Morgan fingerprint density at radius 3 is 2.43 bits per heavy atom. The number of hydrogen-bond acceptors (Lipinski definition) is 6. The zero-order valence-corrected chi connectivity index (χ0v) is 16.3. The van der Waals surface area contributed by atoms with E-state index in [0.29, 0.717) is 10.6 Å². The van der Waals surface area contributed by atoms with Crippen molar-refractivity contribution in [1.82, 2.24) is 0 Å². The number of esters is 1.